The van der Waals surface area contributed by atoms with Crippen LogP contribution in [0.5, 0.6) is 5.75 Å². The molecule has 3 nitrogen and oxygen atoms in total. The van der Waals surface area contributed by atoms with Crippen LogP contribution in [0.15, 0.2) is 24.3 Å². The maximum absolute atomic E-state index is 9.15. The molecule has 2 rings (SSSR count). The monoisotopic (exact) mass is 244 g/mol. The second-order valence-electron chi connectivity index (χ2n) is 4.96. The van der Waals surface area contributed by atoms with E-state index in [2.05, 4.69) is 24.1 Å². The molecule has 0 amide bonds. The van der Waals surface area contributed by atoms with E-state index < -0.39 is 0 Å². The van der Waals surface area contributed by atoms with Gasteiger partial charge >= 0.3 is 0 Å². The molecular formula is C15H20N2O. The average Bonchev–Trinajstić information content (AvgIpc) is 2.87. The van der Waals surface area contributed by atoms with Crippen LogP contribution in [0.4, 0.5) is 0 Å². The van der Waals surface area contributed by atoms with Crippen LogP contribution in [0.1, 0.15) is 24.8 Å². The van der Waals surface area contributed by atoms with Crippen molar-refractivity contribution in [3.8, 4) is 11.8 Å². The summed E-state index contributed by atoms with van der Waals surface area (Å²) in [6, 6.07) is 10.9. The van der Waals surface area contributed by atoms with Crippen molar-refractivity contribution in [2.45, 2.75) is 31.8 Å². The van der Waals surface area contributed by atoms with Crippen LogP contribution in [-0.4, -0.2) is 25.1 Å². The smallest absolute Gasteiger partial charge is 0.123 e. The van der Waals surface area contributed by atoms with E-state index in [1.807, 2.05) is 18.2 Å². The van der Waals surface area contributed by atoms with Crippen molar-refractivity contribution in [3.63, 3.8) is 0 Å². The van der Waals surface area contributed by atoms with Gasteiger partial charge in [0.25, 0.3) is 0 Å². The number of nitriles is 1. The Kier molecular flexibility index (Phi) is 4.22. The van der Waals surface area contributed by atoms with E-state index in [4.69, 9.17) is 10.00 Å². The van der Waals surface area contributed by atoms with E-state index in [0.29, 0.717) is 6.04 Å². The van der Waals surface area contributed by atoms with Crippen molar-refractivity contribution < 1.29 is 4.74 Å². The van der Waals surface area contributed by atoms with Crippen LogP contribution in [0.2, 0.25) is 0 Å². The Hall–Kier alpha value is -1.53. The predicted molar refractivity (Wildman–Crippen MR) is 71.2 cm³/mol. The fourth-order valence-electron chi connectivity index (χ4n) is 2.84. The lowest BCUT2D eigenvalue weighted by Gasteiger charge is -2.27. The van der Waals surface area contributed by atoms with Crippen LogP contribution in [0.3, 0.4) is 0 Å². The van der Waals surface area contributed by atoms with Gasteiger partial charge in [-0.25, -0.2) is 0 Å². The van der Waals surface area contributed by atoms with Crippen molar-refractivity contribution in [2.24, 2.45) is 5.92 Å². The third-order valence-corrected chi connectivity index (χ3v) is 3.82. The molecule has 0 heterocycles. The molecule has 0 N–H and O–H groups in total. The van der Waals surface area contributed by atoms with E-state index in [0.717, 1.165) is 25.1 Å². The second-order valence-corrected chi connectivity index (χ2v) is 4.96. The van der Waals surface area contributed by atoms with Crippen molar-refractivity contribution >= 4 is 0 Å². The highest BCUT2D eigenvalue weighted by Crippen LogP contribution is 2.30. The summed E-state index contributed by atoms with van der Waals surface area (Å²) >= 11 is 0. The molecule has 3 heteroatoms. The number of ether oxygens (including phenoxy) is 1. The Morgan fingerprint density at radius 2 is 2.17 bits per heavy atom. The first kappa shape index (κ1) is 12.9. The average molecular weight is 244 g/mol. The number of benzene rings is 1. The van der Waals surface area contributed by atoms with Crippen molar-refractivity contribution in [2.75, 3.05) is 14.2 Å². The summed E-state index contributed by atoms with van der Waals surface area (Å²) in [7, 11) is 3.80. The predicted octanol–water partition coefficient (Wildman–Crippen LogP) is 2.82. The summed E-state index contributed by atoms with van der Waals surface area (Å²) in [6.45, 7) is 0.840. The van der Waals surface area contributed by atoms with Crippen LogP contribution >= 0.6 is 0 Å². The number of methoxy groups -OCH3 is 1. The van der Waals surface area contributed by atoms with Crippen LogP contribution < -0.4 is 4.74 Å². The number of rotatable bonds is 4. The van der Waals surface area contributed by atoms with Crippen molar-refractivity contribution in [1.29, 1.82) is 5.26 Å². The summed E-state index contributed by atoms with van der Waals surface area (Å²) < 4.78 is 5.37. The molecule has 96 valence electrons. The largest absolute Gasteiger partial charge is 0.496 e. The molecule has 0 bridgehead atoms. The molecule has 0 aliphatic heterocycles. The van der Waals surface area contributed by atoms with E-state index >= 15 is 0 Å². The topological polar surface area (TPSA) is 36.3 Å². The van der Waals surface area contributed by atoms with Crippen LogP contribution in [0.25, 0.3) is 0 Å². The second kappa shape index (κ2) is 5.88. The molecule has 1 saturated carbocycles. The maximum Gasteiger partial charge on any atom is 0.123 e. The van der Waals surface area contributed by atoms with Gasteiger partial charge in [0.15, 0.2) is 0 Å². The SMILES string of the molecule is COc1ccccc1CN(C)C1CCCC1C#N. The van der Waals surface area contributed by atoms with Gasteiger partial charge < -0.3 is 4.74 Å². The summed E-state index contributed by atoms with van der Waals surface area (Å²) in [6.07, 6.45) is 3.33. The molecule has 0 radical (unpaired) electrons. The fourth-order valence-corrected chi connectivity index (χ4v) is 2.84. The summed E-state index contributed by atoms with van der Waals surface area (Å²) in [5.74, 6) is 1.11. The van der Waals surface area contributed by atoms with Gasteiger partial charge in [-0.05, 0) is 26.0 Å². The molecule has 18 heavy (non-hydrogen) atoms. The van der Waals surface area contributed by atoms with E-state index in [1.54, 1.807) is 7.11 Å². The minimum Gasteiger partial charge on any atom is -0.496 e. The van der Waals surface area contributed by atoms with E-state index in [1.165, 1.54) is 12.0 Å². The van der Waals surface area contributed by atoms with E-state index in [-0.39, 0.29) is 5.92 Å². The van der Waals surface area contributed by atoms with Gasteiger partial charge in [0.1, 0.15) is 5.75 Å². The lowest BCUT2D eigenvalue weighted by molar-refractivity contribution is 0.210. The van der Waals surface area contributed by atoms with Crippen LogP contribution in [0, 0.1) is 17.2 Å². The first-order chi connectivity index (χ1) is 8.76. The highest BCUT2D eigenvalue weighted by atomic mass is 16.5. The Balaban J connectivity index is 2.07. The van der Waals surface area contributed by atoms with Gasteiger partial charge in [-0.3, -0.25) is 4.90 Å². The quantitative estimate of drug-likeness (QED) is 0.817. The summed E-state index contributed by atoms with van der Waals surface area (Å²) in [4.78, 5) is 2.29. The molecule has 1 aromatic carbocycles. The number of nitrogens with zero attached hydrogens (tertiary/aromatic N) is 2. The van der Waals surface area contributed by atoms with E-state index in [9.17, 15) is 0 Å². The van der Waals surface area contributed by atoms with Crippen LogP contribution in [-0.2, 0) is 6.54 Å². The Morgan fingerprint density at radius 1 is 1.39 bits per heavy atom. The summed E-state index contributed by atoms with van der Waals surface area (Å²) in [5.41, 5.74) is 1.19. The zero-order valence-corrected chi connectivity index (χ0v) is 11.1. The summed E-state index contributed by atoms with van der Waals surface area (Å²) in [5, 5.41) is 9.15. The fraction of sp³-hybridized carbons (Fsp3) is 0.533. The highest BCUT2D eigenvalue weighted by molar-refractivity contribution is 5.33. The third kappa shape index (κ3) is 2.65. The van der Waals surface area contributed by atoms with Gasteiger partial charge in [0, 0.05) is 18.2 Å². The zero-order chi connectivity index (χ0) is 13.0. The molecule has 1 aliphatic rings. The van der Waals surface area contributed by atoms with Gasteiger partial charge in [-0.2, -0.15) is 5.26 Å². The number of hydrogen-bond donors (Lipinski definition) is 0. The molecule has 1 fully saturated rings. The molecule has 1 aliphatic carbocycles. The lowest BCUT2D eigenvalue weighted by Crippen LogP contribution is -2.33. The van der Waals surface area contributed by atoms with Gasteiger partial charge in [0.05, 0.1) is 19.1 Å². The standard InChI is InChI=1S/C15H20N2O/c1-17(14-8-5-7-12(14)10-16)11-13-6-3-4-9-15(13)18-2/h3-4,6,9,12,14H,5,7-8,11H2,1-2H3. The van der Waals surface area contributed by atoms with Gasteiger partial charge in [-0.1, -0.05) is 24.6 Å². The zero-order valence-electron chi connectivity index (χ0n) is 11.1. The minimum absolute atomic E-state index is 0.185. The Morgan fingerprint density at radius 3 is 2.89 bits per heavy atom. The van der Waals surface area contributed by atoms with Gasteiger partial charge in [-0.15, -0.1) is 0 Å². The first-order valence-corrected chi connectivity index (χ1v) is 6.48. The molecule has 0 saturated heterocycles. The minimum atomic E-state index is 0.185. The molecule has 2 unspecified atom stereocenters. The van der Waals surface area contributed by atoms with Crippen molar-refractivity contribution in [1.82, 2.24) is 4.90 Å². The molecule has 2 atom stereocenters. The number of hydrogen-bond acceptors (Lipinski definition) is 3. The normalized spacial score (nSPS) is 23.0. The Bertz CT molecular complexity index is 438. The molecule has 0 aromatic heterocycles. The molecular weight excluding hydrogens is 224 g/mol. The maximum atomic E-state index is 9.15. The van der Waals surface area contributed by atoms with Crippen molar-refractivity contribution in [3.05, 3.63) is 29.8 Å². The lowest BCUT2D eigenvalue weighted by atomic mass is 10.0. The number of para-hydroxylation sites is 1. The third-order valence-electron chi connectivity index (χ3n) is 3.82. The Labute approximate surface area is 109 Å². The molecule has 1 aromatic rings. The highest BCUT2D eigenvalue weighted by Gasteiger charge is 2.30. The van der Waals surface area contributed by atoms with Gasteiger partial charge in [0.2, 0.25) is 0 Å². The first-order valence-electron chi connectivity index (χ1n) is 6.48. The molecule has 0 spiro atoms.